The monoisotopic (exact) mass is 613 g/mol. The van der Waals surface area contributed by atoms with Crippen LogP contribution in [0.25, 0.3) is 0 Å². The quantitative estimate of drug-likeness (QED) is 0.208. The van der Waals surface area contributed by atoms with Gasteiger partial charge in [0.05, 0.1) is 22.7 Å². The Kier molecular flexibility index (Phi) is 8.62. The van der Waals surface area contributed by atoms with Crippen LogP contribution in [0.2, 0.25) is 5.02 Å². The van der Waals surface area contributed by atoms with Gasteiger partial charge in [-0.25, -0.2) is 16.8 Å². The summed E-state index contributed by atoms with van der Waals surface area (Å²) in [6, 6.07) is 19.7. The molecule has 0 aliphatic carbocycles. The molecule has 0 aromatic heterocycles. The Morgan fingerprint density at radius 1 is 0.732 bits per heavy atom. The van der Waals surface area contributed by atoms with E-state index in [1.54, 1.807) is 36.4 Å². The van der Waals surface area contributed by atoms with Crippen LogP contribution in [0.15, 0.2) is 88.7 Å². The molecule has 41 heavy (non-hydrogen) atoms. The van der Waals surface area contributed by atoms with Crippen molar-refractivity contribution in [2.75, 3.05) is 21.9 Å². The number of methoxy groups -OCH3 is 1. The second kappa shape index (κ2) is 11.8. The molecule has 0 saturated heterocycles. The lowest BCUT2D eigenvalue weighted by atomic mass is 10.1. The topological polar surface area (TPSA) is 131 Å². The van der Waals surface area contributed by atoms with Crippen LogP contribution in [-0.2, 0) is 20.0 Å². The summed E-state index contributed by atoms with van der Waals surface area (Å²) in [7, 11) is -6.61. The standard InChI is InChI=1S/C29H28ClN3O6S2/c1-18-5-14-27(39-4)26(15-18)33-40(35,36)24-11-9-22(10-12-24)31-29(34)21-7-13-25(30)28(17-21)41(37,38)32-23-8-6-19(2)20(3)16-23/h5-17,32-33H,1-4H3,(H,31,34). The molecule has 1 amide bonds. The Labute approximate surface area is 244 Å². The second-order valence-corrected chi connectivity index (χ2v) is 13.1. The van der Waals surface area contributed by atoms with E-state index in [2.05, 4.69) is 14.8 Å². The van der Waals surface area contributed by atoms with E-state index in [0.717, 1.165) is 16.7 Å². The fourth-order valence-electron chi connectivity index (χ4n) is 3.89. The zero-order valence-corrected chi connectivity index (χ0v) is 25.0. The summed E-state index contributed by atoms with van der Waals surface area (Å²) in [5.41, 5.74) is 3.77. The van der Waals surface area contributed by atoms with Crippen LogP contribution in [0.3, 0.4) is 0 Å². The van der Waals surface area contributed by atoms with Crippen LogP contribution in [0, 0.1) is 20.8 Å². The molecule has 12 heteroatoms. The predicted octanol–water partition coefficient (Wildman–Crippen LogP) is 6.13. The molecule has 0 radical (unpaired) electrons. The number of hydrogen-bond donors (Lipinski definition) is 3. The maximum Gasteiger partial charge on any atom is 0.263 e. The average Bonchev–Trinajstić information content (AvgIpc) is 2.91. The van der Waals surface area contributed by atoms with E-state index in [0.29, 0.717) is 22.8 Å². The smallest absolute Gasteiger partial charge is 0.263 e. The number of sulfonamides is 2. The fourth-order valence-corrected chi connectivity index (χ4v) is 6.53. The van der Waals surface area contributed by atoms with Crippen molar-refractivity contribution in [2.45, 2.75) is 30.6 Å². The van der Waals surface area contributed by atoms with Gasteiger partial charge in [0.25, 0.3) is 26.0 Å². The van der Waals surface area contributed by atoms with Crippen LogP contribution in [-0.4, -0.2) is 29.9 Å². The highest BCUT2D eigenvalue weighted by atomic mass is 35.5. The highest BCUT2D eigenvalue weighted by molar-refractivity contribution is 7.93. The molecular formula is C29H28ClN3O6S2. The molecule has 9 nitrogen and oxygen atoms in total. The Hall–Kier alpha value is -4.06. The van der Waals surface area contributed by atoms with Crippen LogP contribution >= 0.6 is 11.6 Å². The minimum atomic E-state index is -4.10. The molecule has 0 unspecified atom stereocenters. The van der Waals surface area contributed by atoms with E-state index in [1.165, 1.54) is 49.6 Å². The van der Waals surface area contributed by atoms with Crippen molar-refractivity contribution in [2.24, 2.45) is 0 Å². The van der Waals surface area contributed by atoms with Crippen molar-refractivity contribution >= 4 is 54.6 Å². The molecule has 214 valence electrons. The van der Waals surface area contributed by atoms with E-state index in [-0.39, 0.29) is 20.4 Å². The van der Waals surface area contributed by atoms with Gasteiger partial charge in [0, 0.05) is 16.9 Å². The van der Waals surface area contributed by atoms with Crippen LogP contribution in [0.5, 0.6) is 5.75 Å². The van der Waals surface area contributed by atoms with E-state index in [1.807, 2.05) is 20.8 Å². The summed E-state index contributed by atoms with van der Waals surface area (Å²) >= 11 is 6.19. The fraction of sp³-hybridized carbons (Fsp3) is 0.138. The van der Waals surface area contributed by atoms with E-state index < -0.39 is 26.0 Å². The first-order valence-corrected chi connectivity index (χ1v) is 15.6. The number of nitrogens with one attached hydrogen (secondary N) is 3. The van der Waals surface area contributed by atoms with E-state index >= 15 is 0 Å². The Morgan fingerprint density at radius 3 is 2.07 bits per heavy atom. The third-order valence-corrected chi connectivity index (χ3v) is 9.51. The lowest BCUT2D eigenvalue weighted by Crippen LogP contribution is -2.17. The molecule has 0 aliphatic rings. The van der Waals surface area contributed by atoms with Crippen molar-refractivity contribution in [1.82, 2.24) is 0 Å². The van der Waals surface area contributed by atoms with Crippen molar-refractivity contribution < 1.29 is 26.4 Å². The van der Waals surface area contributed by atoms with Crippen LogP contribution in [0.1, 0.15) is 27.0 Å². The maximum atomic E-state index is 13.1. The number of carbonyl (C=O) groups excluding carboxylic acids is 1. The summed E-state index contributed by atoms with van der Waals surface area (Å²) in [6.07, 6.45) is 0. The minimum absolute atomic E-state index is 0.0312. The molecule has 0 saturated carbocycles. The summed E-state index contributed by atoms with van der Waals surface area (Å²) < 4.78 is 62.3. The van der Waals surface area contributed by atoms with Crippen molar-refractivity contribution in [3.63, 3.8) is 0 Å². The van der Waals surface area contributed by atoms with Gasteiger partial charge >= 0.3 is 0 Å². The molecule has 0 heterocycles. The van der Waals surface area contributed by atoms with Gasteiger partial charge in [-0.2, -0.15) is 0 Å². The molecule has 0 fully saturated rings. The SMILES string of the molecule is COc1ccc(C)cc1NS(=O)(=O)c1ccc(NC(=O)c2ccc(Cl)c(S(=O)(=O)Nc3ccc(C)c(C)c3)c2)cc1. The first-order chi connectivity index (χ1) is 19.3. The van der Waals surface area contributed by atoms with Gasteiger partial charge in [0.2, 0.25) is 0 Å². The highest BCUT2D eigenvalue weighted by Gasteiger charge is 2.21. The van der Waals surface area contributed by atoms with Gasteiger partial charge in [0.1, 0.15) is 10.6 Å². The number of anilines is 3. The number of amides is 1. The summed E-state index contributed by atoms with van der Waals surface area (Å²) in [4.78, 5) is 12.7. The average molecular weight is 614 g/mol. The second-order valence-electron chi connectivity index (χ2n) is 9.34. The largest absolute Gasteiger partial charge is 0.495 e. The molecule has 0 spiro atoms. The third-order valence-electron chi connectivity index (χ3n) is 6.26. The molecule has 3 N–H and O–H groups in total. The summed E-state index contributed by atoms with van der Waals surface area (Å²) in [5.74, 6) is -0.237. The molecule has 0 atom stereocenters. The summed E-state index contributed by atoms with van der Waals surface area (Å²) in [6.45, 7) is 5.61. The molecule has 0 bridgehead atoms. The normalized spacial score (nSPS) is 11.5. The zero-order valence-electron chi connectivity index (χ0n) is 22.6. The van der Waals surface area contributed by atoms with Crippen LogP contribution in [0.4, 0.5) is 17.1 Å². The maximum absolute atomic E-state index is 13.1. The van der Waals surface area contributed by atoms with E-state index in [4.69, 9.17) is 16.3 Å². The van der Waals surface area contributed by atoms with Gasteiger partial charge in [-0.1, -0.05) is 23.7 Å². The molecule has 4 rings (SSSR count). The van der Waals surface area contributed by atoms with Gasteiger partial charge in [-0.3, -0.25) is 14.2 Å². The predicted molar refractivity (Wildman–Crippen MR) is 161 cm³/mol. The number of ether oxygens (including phenoxy) is 1. The summed E-state index contributed by atoms with van der Waals surface area (Å²) in [5, 5.41) is 2.59. The Morgan fingerprint density at radius 2 is 1.41 bits per heavy atom. The molecule has 4 aromatic carbocycles. The molecular weight excluding hydrogens is 586 g/mol. The highest BCUT2D eigenvalue weighted by Crippen LogP contribution is 2.29. The third kappa shape index (κ3) is 6.99. The van der Waals surface area contributed by atoms with Crippen LogP contribution < -0.4 is 19.5 Å². The van der Waals surface area contributed by atoms with Gasteiger partial charge in [-0.05, 0) is 104 Å². The molecule has 0 aliphatic heterocycles. The Bertz CT molecular complexity index is 1840. The lowest BCUT2D eigenvalue weighted by Gasteiger charge is -2.13. The number of carbonyl (C=O) groups is 1. The van der Waals surface area contributed by atoms with Crippen molar-refractivity contribution in [3.05, 3.63) is 106 Å². The van der Waals surface area contributed by atoms with Gasteiger partial charge in [0.15, 0.2) is 0 Å². The van der Waals surface area contributed by atoms with Crippen molar-refractivity contribution in [3.8, 4) is 5.75 Å². The Balaban J connectivity index is 1.51. The van der Waals surface area contributed by atoms with Crippen molar-refractivity contribution in [1.29, 1.82) is 0 Å². The van der Waals surface area contributed by atoms with E-state index in [9.17, 15) is 21.6 Å². The van der Waals surface area contributed by atoms with Gasteiger partial charge in [-0.15, -0.1) is 0 Å². The number of benzene rings is 4. The number of rotatable bonds is 9. The first kappa shape index (κ1) is 29.9. The zero-order chi connectivity index (χ0) is 29.9. The number of hydrogen-bond acceptors (Lipinski definition) is 6. The van der Waals surface area contributed by atoms with Gasteiger partial charge < -0.3 is 10.1 Å². The first-order valence-electron chi connectivity index (χ1n) is 12.3. The lowest BCUT2D eigenvalue weighted by molar-refractivity contribution is 0.102. The number of aryl methyl sites for hydroxylation is 3. The molecule has 4 aromatic rings. The number of halogens is 1. The minimum Gasteiger partial charge on any atom is -0.495 e.